The maximum atomic E-state index is 2.49. The van der Waals surface area contributed by atoms with Crippen LogP contribution in [0.3, 0.4) is 0 Å². The molecule has 1 aliphatic rings. The standard InChI is InChI=1S/C55H41N/c1-38-17-12-15-27-48(38)50-35-42-21-13-14-22-43(42)36-53(50)56(46-31-29-41(30-32-46)40-19-6-3-7-20-40)47-33-34-49-52(37-47)55(44-23-8-4-9-24-44,45-25-10-5-11-26-45)51-28-16-18-39(2)54(49)51/h3-37H,1-2H3. The molecular formula is C55H41N. The lowest BCUT2D eigenvalue weighted by Gasteiger charge is -2.35. The van der Waals surface area contributed by atoms with Crippen LogP contribution in [0, 0.1) is 13.8 Å². The van der Waals surface area contributed by atoms with Crippen molar-refractivity contribution < 1.29 is 0 Å². The van der Waals surface area contributed by atoms with Crippen molar-refractivity contribution in [3.63, 3.8) is 0 Å². The Morgan fingerprint density at radius 3 is 1.59 bits per heavy atom. The molecule has 1 heteroatoms. The second-order valence-corrected chi connectivity index (χ2v) is 15.0. The number of hydrogen-bond donors (Lipinski definition) is 0. The third-order valence-corrected chi connectivity index (χ3v) is 11.8. The van der Waals surface area contributed by atoms with E-state index in [1.807, 2.05) is 0 Å². The minimum atomic E-state index is -0.514. The van der Waals surface area contributed by atoms with E-state index in [-0.39, 0.29) is 0 Å². The lowest BCUT2D eigenvalue weighted by molar-refractivity contribution is 0.768. The molecule has 0 aliphatic heterocycles. The summed E-state index contributed by atoms with van der Waals surface area (Å²) in [4.78, 5) is 2.49. The molecule has 0 N–H and O–H groups in total. The molecule has 9 aromatic carbocycles. The molecule has 0 spiro atoms. The van der Waals surface area contributed by atoms with Gasteiger partial charge in [0.2, 0.25) is 0 Å². The topological polar surface area (TPSA) is 3.24 Å². The highest BCUT2D eigenvalue weighted by molar-refractivity contribution is 6.00. The van der Waals surface area contributed by atoms with E-state index in [1.54, 1.807) is 0 Å². The summed E-state index contributed by atoms with van der Waals surface area (Å²) < 4.78 is 0. The van der Waals surface area contributed by atoms with E-state index in [2.05, 4.69) is 231 Å². The fourth-order valence-electron chi connectivity index (χ4n) is 9.21. The normalized spacial score (nSPS) is 12.6. The molecule has 0 aromatic heterocycles. The van der Waals surface area contributed by atoms with Crippen LogP contribution in [0.2, 0.25) is 0 Å². The van der Waals surface area contributed by atoms with E-state index in [1.165, 1.54) is 77.5 Å². The van der Waals surface area contributed by atoms with Crippen LogP contribution in [0.25, 0.3) is 44.2 Å². The van der Waals surface area contributed by atoms with E-state index >= 15 is 0 Å². The molecule has 1 nitrogen and oxygen atoms in total. The van der Waals surface area contributed by atoms with Gasteiger partial charge in [0.15, 0.2) is 0 Å². The molecule has 0 unspecified atom stereocenters. The summed E-state index contributed by atoms with van der Waals surface area (Å²) in [5.41, 5.74) is 18.0. The van der Waals surface area contributed by atoms with Gasteiger partial charge in [0, 0.05) is 16.9 Å². The summed E-state index contributed by atoms with van der Waals surface area (Å²) in [6, 6.07) is 78.2. The van der Waals surface area contributed by atoms with Gasteiger partial charge in [-0.15, -0.1) is 0 Å². The molecule has 0 saturated heterocycles. The average Bonchev–Trinajstić information content (AvgIpc) is 3.56. The number of rotatable bonds is 7. The van der Waals surface area contributed by atoms with Crippen molar-refractivity contribution in [2.75, 3.05) is 4.90 Å². The molecule has 0 saturated carbocycles. The van der Waals surface area contributed by atoms with E-state index in [9.17, 15) is 0 Å². The van der Waals surface area contributed by atoms with Gasteiger partial charge in [-0.1, -0.05) is 176 Å². The third-order valence-electron chi connectivity index (χ3n) is 11.8. The van der Waals surface area contributed by atoms with Crippen LogP contribution in [0.4, 0.5) is 17.1 Å². The maximum absolute atomic E-state index is 2.49. The Bertz CT molecular complexity index is 2820. The summed E-state index contributed by atoms with van der Waals surface area (Å²) >= 11 is 0. The fraction of sp³-hybridized carbons (Fsp3) is 0.0545. The van der Waals surface area contributed by atoms with Crippen LogP contribution in [0.5, 0.6) is 0 Å². The van der Waals surface area contributed by atoms with Gasteiger partial charge >= 0.3 is 0 Å². The monoisotopic (exact) mass is 715 g/mol. The molecule has 9 aromatic rings. The first-order valence-electron chi connectivity index (χ1n) is 19.5. The first-order valence-corrected chi connectivity index (χ1v) is 19.5. The predicted molar refractivity (Wildman–Crippen MR) is 236 cm³/mol. The minimum Gasteiger partial charge on any atom is -0.310 e. The quantitative estimate of drug-likeness (QED) is 0.159. The molecule has 0 bridgehead atoms. The van der Waals surface area contributed by atoms with E-state index in [0.29, 0.717) is 0 Å². The van der Waals surface area contributed by atoms with Crippen molar-refractivity contribution in [2.24, 2.45) is 0 Å². The van der Waals surface area contributed by atoms with Crippen LogP contribution in [0.15, 0.2) is 212 Å². The number of anilines is 3. The van der Waals surface area contributed by atoms with Crippen LogP contribution in [-0.4, -0.2) is 0 Å². The van der Waals surface area contributed by atoms with Gasteiger partial charge < -0.3 is 4.90 Å². The number of benzene rings is 9. The zero-order valence-electron chi connectivity index (χ0n) is 31.7. The van der Waals surface area contributed by atoms with Gasteiger partial charge in [0.25, 0.3) is 0 Å². The molecule has 0 atom stereocenters. The van der Waals surface area contributed by atoms with Crippen molar-refractivity contribution in [1.82, 2.24) is 0 Å². The Balaban J connectivity index is 1.28. The average molecular weight is 716 g/mol. The fourth-order valence-corrected chi connectivity index (χ4v) is 9.21. The predicted octanol–water partition coefficient (Wildman–Crippen LogP) is 14.6. The Labute approximate surface area is 329 Å². The molecule has 56 heavy (non-hydrogen) atoms. The second kappa shape index (κ2) is 13.7. The summed E-state index contributed by atoms with van der Waals surface area (Å²) in [5.74, 6) is 0. The number of nitrogens with zero attached hydrogens (tertiary/aromatic N) is 1. The molecule has 0 radical (unpaired) electrons. The van der Waals surface area contributed by atoms with E-state index < -0.39 is 5.41 Å². The Kier molecular flexibility index (Phi) is 8.23. The summed E-state index contributed by atoms with van der Waals surface area (Å²) in [6.07, 6.45) is 0. The lowest BCUT2D eigenvalue weighted by atomic mass is 9.67. The summed E-state index contributed by atoms with van der Waals surface area (Å²) in [7, 11) is 0. The highest BCUT2D eigenvalue weighted by Crippen LogP contribution is 2.58. The zero-order chi connectivity index (χ0) is 37.6. The van der Waals surface area contributed by atoms with Gasteiger partial charge in [-0.25, -0.2) is 0 Å². The van der Waals surface area contributed by atoms with Gasteiger partial charge in [0.05, 0.1) is 11.1 Å². The first kappa shape index (κ1) is 33.6. The first-order chi connectivity index (χ1) is 27.6. The Morgan fingerprint density at radius 2 is 0.911 bits per heavy atom. The number of hydrogen-bond acceptors (Lipinski definition) is 1. The smallest absolute Gasteiger partial charge is 0.0714 e. The van der Waals surface area contributed by atoms with Crippen LogP contribution < -0.4 is 4.90 Å². The van der Waals surface area contributed by atoms with Crippen LogP contribution in [0.1, 0.15) is 33.4 Å². The van der Waals surface area contributed by atoms with Crippen molar-refractivity contribution in [3.8, 4) is 33.4 Å². The van der Waals surface area contributed by atoms with Crippen molar-refractivity contribution in [3.05, 3.63) is 246 Å². The van der Waals surface area contributed by atoms with E-state index in [0.717, 1.165) is 17.1 Å². The Hall–Kier alpha value is -6.96. The third kappa shape index (κ3) is 5.39. The van der Waals surface area contributed by atoms with Crippen molar-refractivity contribution in [2.45, 2.75) is 19.3 Å². The molecule has 1 aliphatic carbocycles. The molecule has 0 amide bonds. The van der Waals surface area contributed by atoms with E-state index in [4.69, 9.17) is 0 Å². The van der Waals surface area contributed by atoms with Gasteiger partial charge in [-0.3, -0.25) is 0 Å². The molecule has 0 fully saturated rings. The number of aryl methyl sites for hydroxylation is 2. The highest BCUT2D eigenvalue weighted by atomic mass is 15.1. The lowest BCUT2D eigenvalue weighted by Crippen LogP contribution is -2.28. The summed E-state index contributed by atoms with van der Waals surface area (Å²) in [6.45, 7) is 4.48. The Morgan fingerprint density at radius 1 is 0.357 bits per heavy atom. The van der Waals surface area contributed by atoms with Crippen LogP contribution in [-0.2, 0) is 5.41 Å². The van der Waals surface area contributed by atoms with Gasteiger partial charge in [-0.05, 0) is 122 Å². The van der Waals surface area contributed by atoms with Gasteiger partial charge in [-0.2, -0.15) is 0 Å². The SMILES string of the molecule is Cc1ccccc1-c1cc2ccccc2cc1N(c1ccc(-c2ccccc2)cc1)c1ccc2c(c1)C(c1ccccc1)(c1ccccc1)c1cccc(C)c1-2. The zero-order valence-corrected chi connectivity index (χ0v) is 31.7. The number of fused-ring (bicyclic) bond motifs is 4. The van der Waals surface area contributed by atoms with Gasteiger partial charge in [0.1, 0.15) is 0 Å². The minimum absolute atomic E-state index is 0.514. The molecule has 10 rings (SSSR count). The molecule has 0 heterocycles. The molecular weight excluding hydrogens is 675 g/mol. The highest BCUT2D eigenvalue weighted by Gasteiger charge is 2.47. The van der Waals surface area contributed by atoms with Crippen molar-refractivity contribution >= 4 is 27.8 Å². The molecule has 266 valence electrons. The largest absolute Gasteiger partial charge is 0.310 e. The second-order valence-electron chi connectivity index (χ2n) is 15.0. The maximum Gasteiger partial charge on any atom is 0.0714 e. The van der Waals surface area contributed by atoms with Crippen LogP contribution >= 0.6 is 0 Å². The summed E-state index contributed by atoms with van der Waals surface area (Å²) in [5, 5.41) is 2.43. The van der Waals surface area contributed by atoms with Crippen molar-refractivity contribution in [1.29, 1.82) is 0 Å².